The highest BCUT2D eigenvalue weighted by atomic mass is 16.5. The highest BCUT2D eigenvalue weighted by Crippen LogP contribution is 2.10. The van der Waals surface area contributed by atoms with E-state index in [1.165, 1.54) is 6.08 Å². The number of dihydropyridines is 1. The first-order valence-corrected chi connectivity index (χ1v) is 4.27. The number of rotatable bonds is 3. The molecule has 0 saturated carbocycles. The lowest BCUT2D eigenvalue weighted by molar-refractivity contribution is -0.149. The SMILES string of the molecule is CCOC(=O)C1C=CC(C(=O)O)=NC1=O. The number of carboxylic acid groups (broad SMARTS) is 1. The van der Waals surface area contributed by atoms with Crippen LogP contribution in [0.5, 0.6) is 0 Å². The largest absolute Gasteiger partial charge is 0.477 e. The molecule has 6 heteroatoms. The molecule has 1 N–H and O–H groups in total. The molecule has 1 atom stereocenters. The Balaban J connectivity index is 2.78. The lowest BCUT2D eigenvalue weighted by Gasteiger charge is -2.11. The van der Waals surface area contributed by atoms with Gasteiger partial charge in [-0.25, -0.2) is 9.79 Å². The van der Waals surface area contributed by atoms with Gasteiger partial charge in [0.05, 0.1) is 6.61 Å². The molecule has 6 nitrogen and oxygen atoms in total. The summed E-state index contributed by atoms with van der Waals surface area (Å²) in [5.74, 6) is -3.95. The van der Waals surface area contributed by atoms with Crippen LogP contribution in [0.3, 0.4) is 0 Å². The number of hydrogen-bond acceptors (Lipinski definition) is 4. The fourth-order valence-corrected chi connectivity index (χ4v) is 1.03. The van der Waals surface area contributed by atoms with Crippen LogP contribution in [-0.2, 0) is 19.1 Å². The topological polar surface area (TPSA) is 93.0 Å². The summed E-state index contributed by atoms with van der Waals surface area (Å²) in [5.41, 5.74) is -0.374. The first-order chi connectivity index (χ1) is 7.06. The number of carboxylic acids is 1. The summed E-state index contributed by atoms with van der Waals surface area (Å²) >= 11 is 0. The van der Waals surface area contributed by atoms with Gasteiger partial charge in [-0.3, -0.25) is 9.59 Å². The van der Waals surface area contributed by atoms with E-state index in [4.69, 9.17) is 5.11 Å². The maximum absolute atomic E-state index is 11.2. The van der Waals surface area contributed by atoms with Crippen LogP contribution in [0.15, 0.2) is 17.1 Å². The maximum Gasteiger partial charge on any atom is 0.354 e. The van der Waals surface area contributed by atoms with Gasteiger partial charge in [0.25, 0.3) is 5.91 Å². The van der Waals surface area contributed by atoms with E-state index in [1.54, 1.807) is 6.92 Å². The Kier molecular flexibility index (Phi) is 3.33. The van der Waals surface area contributed by atoms with Crippen molar-refractivity contribution in [2.45, 2.75) is 6.92 Å². The molecule has 0 aromatic carbocycles. The number of aliphatic imine (C=N–C) groups is 1. The van der Waals surface area contributed by atoms with Crippen LogP contribution < -0.4 is 0 Å². The second-order valence-electron chi connectivity index (χ2n) is 2.73. The number of hydrogen-bond donors (Lipinski definition) is 1. The first kappa shape index (κ1) is 11.1. The van der Waals surface area contributed by atoms with Crippen LogP contribution in [0.25, 0.3) is 0 Å². The Morgan fingerprint density at radius 1 is 1.60 bits per heavy atom. The average Bonchev–Trinajstić information content (AvgIpc) is 2.17. The molecule has 0 bridgehead atoms. The predicted octanol–water partition coefficient (Wildman–Crippen LogP) is -0.212. The zero-order valence-corrected chi connectivity index (χ0v) is 7.97. The molecule has 0 saturated heterocycles. The average molecular weight is 211 g/mol. The van der Waals surface area contributed by atoms with Crippen LogP contribution in [-0.4, -0.2) is 35.3 Å². The van der Waals surface area contributed by atoms with Crippen LogP contribution in [0.4, 0.5) is 0 Å². The second kappa shape index (κ2) is 4.50. The molecule has 0 spiro atoms. The van der Waals surface area contributed by atoms with Gasteiger partial charge in [0.1, 0.15) is 0 Å². The zero-order valence-electron chi connectivity index (χ0n) is 7.97. The van der Waals surface area contributed by atoms with Gasteiger partial charge in [-0.2, -0.15) is 0 Å². The highest BCUT2D eigenvalue weighted by Gasteiger charge is 2.29. The van der Waals surface area contributed by atoms with E-state index in [1.807, 2.05) is 0 Å². The van der Waals surface area contributed by atoms with Gasteiger partial charge >= 0.3 is 11.9 Å². The number of carbonyl (C=O) groups excluding carboxylic acids is 2. The molecule has 0 aromatic rings. The fourth-order valence-electron chi connectivity index (χ4n) is 1.03. The molecule has 80 valence electrons. The van der Waals surface area contributed by atoms with Crippen LogP contribution in [0.2, 0.25) is 0 Å². The van der Waals surface area contributed by atoms with E-state index in [-0.39, 0.29) is 12.3 Å². The third kappa shape index (κ3) is 2.49. The molecule has 15 heavy (non-hydrogen) atoms. The van der Waals surface area contributed by atoms with E-state index >= 15 is 0 Å². The monoisotopic (exact) mass is 211 g/mol. The molecule has 0 aromatic heterocycles. The number of nitrogens with zero attached hydrogens (tertiary/aromatic N) is 1. The van der Waals surface area contributed by atoms with Gasteiger partial charge in [-0.05, 0) is 13.0 Å². The van der Waals surface area contributed by atoms with Crippen LogP contribution in [0.1, 0.15) is 6.92 Å². The lowest BCUT2D eigenvalue weighted by atomic mass is 10.1. The maximum atomic E-state index is 11.2. The van der Waals surface area contributed by atoms with Gasteiger partial charge in [0, 0.05) is 0 Å². The minimum atomic E-state index is -1.30. The molecular weight excluding hydrogens is 202 g/mol. The van der Waals surface area contributed by atoms with Gasteiger partial charge < -0.3 is 9.84 Å². The third-order valence-electron chi connectivity index (χ3n) is 1.70. The van der Waals surface area contributed by atoms with E-state index in [0.717, 1.165) is 6.08 Å². The highest BCUT2D eigenvalue weighted by molar-refractivity contribution is 6.43. The van der Waals surface area contributed by atoms with E-state index in [0.29, 0.717) is 0 Å². The van der Waals surface area contributed by atoms with E-state index in [2.05, 4.69) is 9.73 Å². The molecular formula is C9H9NO5. The number of esters is 1. The van der Waals surface area contributed by atoms with Crippen molar-refractivity contribution >= 4 is 23.6 Å². The summed E-state index contributed by atoms with van der Waals surface area (Å²) in [6.07, 6.45) is 2.29. The normalized spacial score (nSPS) is 19.7. The van der Waals surface area contributed by atoms with E-state index in [9.17, 15) is 14.4 Å². The molecule has 1 heterocycles. The number of amides is 1. The van der Waals surface area contributed by atoms with Crippen molar-refractivity contribution in [1.82, 2.24) is 0 Å². The van der Waals surface area contributed by atoms with Crippen molar-refractivity contribution in [2.24, 2.45) is 10.9 Å². The molecule has 1 rings (SSSR count). The molecule has 0 radical (unpaired) electrons. The summed E-state index contributed by atoms with van der Waals surface area (Å²) in [5, 5.41) is 8.53. The fraction of sp³-hybridized carbons (Fsp3) is 0.333. The van der Waals surface area contributed by atoms with Crippen molar-refractivity contribution in [2.75, 3.05) is 6.61 Å². The van der Waals surface area contributed by atoms with Crippen LogP contribution in [0, 0.1) is 5.92 Å². The standard InChI is InChI=1S/C9H9NO5/c1-2-15-9(14)5-3-4-6(8(12)13)10-7(5)11/h3-5H,2H2,1H3,(H,12,13). The summed E-state index contributed by atoms with van der Waals surface area (Å²) in [7, 11) is 0. The van der Waals surface area contributed by atoms with Crippen LogP contribution >= 0.6 is 0 Å². The van der Waals surface area contributed by atoms with Crippen molar-refractivity contribution in [1.29, 1.82) is 0 Å². The molecule has 1 amide bonds. The van der Waals surface area contributed by atoms with Gasteiger partial charge in [0.2, 0.25) is 0 Å². The summed E-state index contributed by atoms with van der Waals surface area (Å²) in [4.78, 5) is 36.1. The van der Waals surface area contributed by atoms with Crippen molar-refractivity contribution in [3.05, 3.63) is 12.2 Å². The smallest absolute Gasteiger partial charge is 0.354 e. The lowest BCUT2D eigenvalue weighted by Crippen LogP contribution is -2.28. The number of ether oxygens (including phenoxy) is 1. The molecule has 1 unspecified atom stereocenters. The molecule has 1 aliphatic heterocycles. The summed E-state index contributed by atoms with van der Waals surface area (Å²) in [6, 6.07) is 0. The van der Waals surface area contributed by atoms with Gasteiger partial charge in [-0.1, -0.05) is 6.08 Å². The summed E-state index contributed by atoms with van der Waals surface area (Å²) < 4.78 is 4.62. The number of carbonyl (C=O) groups is 3. The molecule has 0 fully saturated rings. The number of aliphatic carboxylic acids is 1. The first-order valence-electron chi connectivity index (χ1n) is 4.27. The Morgan fingerprint density at radius 2 is 2.27 bits per heavy atom. The quantitative estimate of drug-likeness (QED) is 0.515. The Hall–Kier alpha value is -1.98. The second-order valence-corrected chi connectivity index (χ2v) is 2.73. The Labute approximate surface area is 85.3 Å². The van der Waals surface area contributed by atoms with Gasteiger partial charge in [-0.15, -0.1) is 0 Å². The summed E-state index contributed by atoms with van der Waals surface area (Å²) in [6.45, 7) is 1.77. The molecule has 0 aliphatic carbocycles. The van der Waals surface area contributed by atoms with Crippen molar-refractivity contribution in [3.63, 3.8) is 0 Å². The Bertz CT molecular complexity index is 369. The van der Waals surface area contributed by atoms with E-state index < -0.39 is 23.8 Å². The Morgan fingerprint density at radius 3 is 2.73 bits per heavy atom. The minimum Gasteiger partial charge on any atom is -0.477 e. The van der Waals surface area contributed by atoms with Crippen molar-refractivity contribution < 1.29 is 24.2 Å². The van der Waals surface area contributed by atoms with Crippen molar-refractivity contribution in [3.8, 4) is 0 Å². The zero-order chi connectivity index (χ0) is 11.4. The minimum absolute atomic E-state index is 0.159. The third-order valence-corrected chi connectivity index (χ3v) is 1.70. The predicted molar refractivity (Wildman–Crippen MR) is 49.3 cm³/mol. The molecule has 1 aliphatic rings. The van der Waals surface area contributed by atoms with Gasteiger partial charge in [0.15, 0.2) is 11.6 Å².